The van der Waals surface area contributed by atoms with Crippen LogP contribution < -0.4 is 5.32 Å². The van der Waals surface area contributed by atoms with Gasteiger partial charge in [0, 0.05) is 17.7 Å². The lowest BCUT2D eigenvalue weighted by Crippen LogP contribution is -2.44. The highest BCUT2D eigenvalue weighted by Gasteiger charge is 2.35. The number of rotatable bonds is 5. The van der Waals surface area contributed by atoms with E-state index in [9.17, 15) is 14.7 Å². The number of hydrogen-bond acceptors (Lipinski definition) is 3. The minimum atomic E-state index is -1.21. The van der Waals surface area contributed by atoms with Crippen molar-refractivity contribution in [1.82, 2.24) is 15.5 Å². The van der Waals surface area contributed by atoms with E-state index in [1.54, 1.807) is 37.3 Å². The molecule has 1 unspecified atom stereocenters. The van der Waals surface area contributed by atoms with E-state index in [2.05, 4.69) is 15.5 Å². The first-order chi connectivity index (χ1) is 11.1. The predicted molar refractivity (Wildman–Crippen MR) is 91.1 cm³/mol. The van der Waals surface area contributed by atoms with Crippen LogP contribution in [0, 0.1) is 0 Å². The zero-order valence-electron chi connectivity index (χ0n) is 14.4. The molecular formula is C18H23N3O3. The molecule has 0 bridgehead atoms. The first kappa shape index (κ1) is 17.7. The maximum atomic E-state index is 12.3. The van der Waals surface area contributed by atoms with Gasteiger partial charge in [-0.25, -0.2) is 0 Å². The molecule has 1 aromatic carbocycles. The van der Waals surface area contributed by atoms with Crippen LogP contribution >= 0.6 is 0 Å². The normalized spacial score (nSPS) is 14.0. The number of amides is 1. The summed E-state index contributed by atoms with van der Waals surface area (Å²) in [6.45, 7) is 7.61. The average Bonchev–Trinajstić information content (AvgIpc) is 3.03. The van der Waals surface area contributed by atoms with Crippen LogP contribution in [0.3, 0.4) is 0 Å². The summed E-state index contributed by atoms with van der Waals surface area (Å²) in [5.41, 5.74) is 0.373. The molecule has 0 saturated heterocycles. The van der Waals surface area contributed by atoms with E-state index in [1.165, 1.54) is 0 Å². The molecule has 0 radical (unpaired) electrons. The second kappa shape index (κ2) is 6.47. The number of carboxylic acid groups (broad SMARTS) is 1. The van der Waals surface area contributed by atoms with Gasteiger partial charge in [0.1, 0.15) is 11.1 Å². The first-order valence-corrected chi connectivity index (χ1v) is 7.77. The van der Waals surface area contributed by atoms with Crippen LogP contribution in [0.4, 0.5) is 0 Å². The zero-order valence-corrected chi connectivity index (χ0v) is 14.4. The number of nitrogens with zero attached hydrogens (tertiary/aromatic N) is 1. The summed E-state index contributed by atoms with van der Waals surface area (Å²) in [6.07, 6.45) is 0. The van der Waals surface area contributed by atoms with Gasteiger partial charge in [-0.1, -0.05) is 51.1 Å². The molecule has 0 aliphatic rings. The summed E-state index contributed by atoms with van der Waals surface area (Å²) in [5, 5.41) is 19.2. The van der Waals surface area contributed by atoms with Gasteiger partial charge in [0.25, 0.3) is 5.91 Å². The Kier molecular flexibility index (Phi) is 4.78. The number of aliphatic carboxylic acids is 1. The molecule has 24 heavy (non-hydrogen) atoms. The number of hydrogen-bond donors (Lipinski definition) is 3. The SMILES string of the molecule is CC(C)(C)c1cc(C(=O)NCC(C)(C(=O)O)c2ccccc2)n[nH]1. The van der Waals surface area contributed by atoms with Crippen molar-refractivity contribution in [2.75, 3.05) is 6.54 Å². The molecule has 128 valence electrons. The van der Waals surface area contributed by atoms with Crippen molar-refractivity contribution in [2.24, 2.45) is 0 Å². The van der Waals surface area contributed by atoms with E-state index in [4.69, 9.17) is 0 Å². The molecule has 6 nitrogen and oxygen atoms in total. The van der Waals surface area contributed by atoms with E-state index in [-0.39, 0.29) is 17.7 Å². The second-order valence-corrected chi connectivity index (χ2v) is 7.10. The monoisotopic (exact) mass is 329 g/mol. The quantitative estimate of drug-likeness (QED) is 0.785. The number of carbonyl (C=O) groups is 2. The van der Waals surface area contributed by atoms with Gasteiger partial charge in [-0.2, -0.15) is 5.10 Å². The molecule has 1 amide bonds. The summed E-state index contributed by atoms with van der Waals surface area (Å²) < 4.78 is 0. The Hall–Kier alpha value is -2.63. The molecular weight excluding hydrogens is 306 g/mol. The van der Waals surface area contributed by atoms with Gasteiger partial charge in [-0.15, -0.1) is 0 Å². The fraction of sp³-hybridized carbons (Fsp3) is 0.389. The van der Waals surface area contributed by atoms with Gasteiger partial charge < -0.3 is 10.4 Å². The topological polar surface area (TPSA) is 95.1 Å². The van der Waals surface area contributed by atoms with Crippen molar-refractivity contribution >= 4 is 11.9 Å². The van der Waals surface area contributed by atoms with Gasteiger partial charge in [-0.3, -0.25) is 14.7 Å². The van der Waals surface area contributed by atoms with Gasteiger partial charge in [-0.05, 0) is 18.6 Å². The van der Waals surface area contributed by atoms with Gasteiger partial charge in [0.2, 0.25) is 0 Å². The van der Waals surface area contributed by atoms with E-state index >= 15 is 0 Å². The smallest absolute Gasteiger partial charge is 0.315 e. The van der Waals surface area contributed by atoms with Gasteiger partial charge in [0.05, 0.1) is 0 Å². The number of carbonyl (C=O) groups excluding carboxylic acids is 1. The molecule has 3 N–H and O–H groups in total. The minimum absolute atomic E-state index is 0.0249. The Balaban J connectivity index is 2.14. The summed E-state index contributed by atoms with van der Waals surface area (Å²) in [7, 11) is 0. The molecule has 0 aliphatic carbocycles. The van der Waals surface area contributed by atoms with Crippen molar-refractivity contribution in [3.8, 4) is 0 Å². The van der Waals surface area contributed by atoms with Gasteiger partial charge in [0.15, 0.2) is 0 Å². The highest BCUT2D eigenvalue weighted by molar-refractivity contribution is 5.93. The second-order valence-electron chi connectivity index (χ2n) is 7.10. The molecule has 2 rings (SSSR count). The summed E-state index contributed by atoms with van der Waals surface area (Å²) in [6, 6.07) is 10.6. The molecule has 0 fully saturated rings. The lowest BCUT2D eigenvalue weighted by Gasteiger charge is -2.25. The van der Waals surface area contributed by atoms with Crippen LogP contribution in [0.5, 0.6) is 0 Å². The predicted octanol–water partition coefficient (Wildman–Crippen LogP) is 2.48. The van der Waals surface area contributed by atoms with E-state index in [0.717, 1.165) is 5.69 Å². The maximum absolute atomic E-state index is 12.3. The van der Waals surface area contributed by atoms with Crippen molar-refractivity contribution in [3.05, 3.63) is 53.3 Å². The van der Waals surface area contributed by atoms with Crippen LogP contribution in [-0.2, 0) is 15.6 Å². The Labute approximate surface area is 141 Å². The Bertz CT molecular complexity index is 731. The number of aromatic nitrogens is 2. The van der Waals surface area contributed by atoms with E-state index in [1.807, 2.05) is 26.8 Å². The Morgan fingerprint density at radius 3 is 2.29 bits per heavy atom. The van der Waals surface area contributed by atoms with Crippen molar-refractivity contribution in [3.63, 3.8) is 0 Å². The third-order valence-electron chi connectivity index (χ3n) is 4.10. The third kappa shape index (κ3) is 3.64. The van der Waals surface area contributed by atoms with Crippen molar-refractivity contribution in [2.45, 2.75) is 38.5 Å². The molecule has 1 aromatic heterocycles. The average molecular weight is 329 g/mol. The lowest BCUT2D eigenvalue weighted by atomic mass is 9.82. The number of H-pyrrole nitrogens is 1. The molecule has 2 aromatic rings. The fourth-order valence-electron chi connectivity index (χ4n) is 2.28. The first-order valence-electron chi connectivity index (χ1n) is 7.77. The summed E-state index contributed by atoms with van der Waals surface area (Å²) in [4.78, 5) is 24.0. The minimum Gasteiger partial charge on any atom is -0.481 e. The Morgan fingerprint density at radius 2 is 1.79 bits per heavy atom. The largest absolute Gasteiger partial charge is 0.481 e. The van der Waals surface area contributed by atoms with Gasteiger partial charge >= 0.3 is 5.97 Å². The molecule has 6 heteroatoms. The molecule has 0 spiro atoms. The van der Waals surface area contributed by atoms with E-state index in [0.29, 0.717) is 5.56 Å². The van der Waals surface area contributed by atoms with Crippen molar-refractivity contribution < 1.29 is 14.7 Å². The molecule has 1 heterocycles. The zero-order chi connectivity index (χ0) is 18.0. The van der Waals surface area contributed by atoms with Crippen molar-refractivity contribution in [1.29, 1.82) is 0 Å². The summed E-state index contributed by atoms with van der Waals surface area (Å²) in [5.74, 6) is -1.39. The fourth-order valence-corrected chi connectivity index (χ4v) is 2.28. The number of nitrogens with one attached hydrogen (secondary N) is 2. The molecule has 0 aliphatic heterocycles. The summed E-state index contributed by atoms with van der Waals surface area (Å²) >= 11 is 0. The highest BCUT2D eigenvalue weighted by Crippen LogP contribution is 2.24. The lowest BCUT2D eigenvalue weighted by molar-refractivity contribution is -0.142. The van der Waals surface area contributed by atoms with Crippen LogP contribution in [0.2, 0.25) is 0 Å². The number of aromatic amines is 1. The third-order valence-corrected chi connectivity index (χ3v) is 4.10. The number of benzene rings is 1. The van der Waals surface area contributed by atoms with Crippen LogP contribution in [0.1, 0.15) is 49.4 Å². The molecule has 1 atom stereocenters. The van der Waals surface area contributed by atoms with Crippen LogP contribution in [0.15, 0.2) is 36.4 Å². The maximum Gasteiger partial charge on any atom is 0.315 e. The van der Waals surface area contributed by atoms with Crippen LogP contribution in [0.25, 0.3) is 0 Å². The molecule has 0 saturated carbocycles. The van der Waals surface area contributed by atoms with Crippen LogP contribution in [-0.4, -0.2) is 33.7 Å². The van der Waals surface area contributed by atoms with E-state index < -0.39 is 17.3 Å². The highest BCUT2D eigenvalue weighted by atomic mass is 16.4. The Morgan fingerprint density at radius 1 is 1.17 bits per heavy atom. The standard InChI is InChI=1S/C18H23N3O3/c1-17(2,3)14-10-13(20-21-14)15(22)19-11-18(4,16(23)24)12-8-6-5-7-9-12/h5-10H,11H2,1-4H3,(H,19,22)(H,20,21)(H,23,24). The number of carboxylic acids is 1.